The van der Waals surface area contributed by atoms with Gasteiger partial charge < -0.3 is 5.11 Å². The van der Waals surface area contributed by atoms with Crippen molar-refractivity contribution < 1.29 is 18.3 Å². The number of carboxylic acid groups (broad SMARTS) is 1. The Morgan fingerprint density at radius 2 is 2.00 bits per heavy atom. The summed E-state index contributed by atoms with van der Waals surface area (Å²) in [6, 6.07) is 2.99. The van der Waals surface area contributed by atoms with Gasteiger partial charge in [0, 0.05) is 6.54 Å². The lowest BCUT2D eigenvalue weighted by Crippen LogP contribution is -2.40. The van der Waals surface area contributed by atoms with Gasteiger partial charge in [0.25, 0.3) is 0 Å². The minimum Gasteiger partial charge on any atom is -0.481 e. The first-order valence-corrected chi connectivity index (χ1v) is 9.48. The van der Waals surface area contributed by atoms with Crippen molar-refractivity contribution >= 4 is 38.9 Å². The molecular formula is C13H18ClNO4S2. The second kappa shape index (κ2) is 6.64. The molecule has 0 aromatic carbocycles. The van der Waals surface area contributed by atoms with Crippen LogP contribution < -0.4 is 4.72 Å². The largest absolute Gasteiger partial charge is 0.481 e. The van der Waals surface area contributed by atoms with Gasteiger partial charge in [0.1, 0.15) is 4.21 Å². The summed E-state index contributed by atoms with van der Waals surface area (Å²) >= 11 is 6.75. The third kappa shape index (κ3) is 4.42. The fourth-order valence-electron chi connectivity index (χ4n) is 2.80. The van der Waals surface area contributed by atoms with Crippen molar-refractivity contribution in [1.82, 2.24) is 4.72 Å². The molecule has 1 aliphatic rings. The van der Waals surface area contributed by atoms with Crippen LogP contribution in [0.25, 0.3) is 0 Å². The van der Waals surface area contributed by atoms with Crippen molar-refractivity contribution in [3.05, 3.63) is 16.5 Å². The van der Waals surface area contributed by atoms with Gasteiger partial charge in [-0.15, -0.1) is 11.3 Å². The van der Waals surface area contributed by atoms with Gasteiger partial charge in [0.15, 0.2) is 0 Å². The Labute approximate surface area is 133 Å². The summed E-state index contributed by atoms with van der Waals surface area (Å²) in [5, 5.41) is 9.09. The van der Waals surface area contributed by atoms with Crippen LogP contribution in [0.1, 0.15) is 38.5 Å². The standard InChI is InChI=1S/C13H18ClNO4S2/c14-10-4-5-12(20-10)21(18,19)15-9-13(8-11(16)17)6-2-1-3-7-13/h4-5,15H,1-3,6-9H2,(H,16,17). The van der Waals surface area contributed by atoms with Crippen LogP contribution in [0.5, 0.6) is 0 Å². The summed E-state index contributed by atoms with van der Waals surface area (Å²) in [5.74, 6) is -0.879. The van der Waals surface area contributed by atoms with Crippen LogP contribution in [0.4, 0.5) is 0 Å². The lowest BCUT2D eigenvalue weighted by molar-refractivity contribution is -0.140. The first kappa shape index (κ1) is 16.7. The van der Waals surface area contributed by atoms with Crippen LogP contribution in [0.15, 0.2) is 16.3 Å². The van der Waals surface area contributed by atoms with Gasteiger partial charge in [-0.05, 0) is 30.4 Å². The van der Waals surface area contributed by atoms with Gasteiger partial charge in [-0.1, -0.05) is 30.9 Å². The predicted octanol–water partition coefficient (Wildman–Crippen LogP) is 3.11. The maximum atomic E-state index is 12.2. The summed E-state index contributed by atoms with van der Waals surface area (Å²) in [7, 11) is -3.62. The van der Waals surface area contributed by atoms with E-state index in [4.69, 9.17) is 16.7 Å². The Morgan fingerprint density at radius 3 is 2.52 bits per heavy atom. The van der Waals surface area contributed by atoms with E-state index in [0.29, 0.717) is 4.34 Å². The molecule has 1 fully saturated rings. The molecule has 8 heteroatoms. The van der Waals surface area contributed by atoms with Gasteiger partial charge in [-0.2, -0.15) is 0 Å². The van der Waals surface area contributed by atoms with Crippen molar-refractivity contribution in [2.24, 2.45) is 5.41 Å². The third-order valence-corrected chi connectivity index (χ3v) is 7.02. The fourth-order valence-corrected chi connectivity index (χ4v) is 5.48. The first-order valence-electron chi connectivity index (χ1n) is 6.80. The Bertz CT molecular complexity index is 605. The molecule has 0 bridgehead atoms. The van der Waals surface area contributed by atoms with Gasteiger partial charge in [-0.25, -0.2) is 13.1 Å². The minimum atomic E-state index is -3.62. The topological polar surface area (TPSA) is 83.5 Å². The molecular weight excluding hydrogens is 334 g/mol. The van der Waals surface area contributed by atoms with Gasteiger partial charge in [-0.3, -0.25) is 4.79 Å². The number of thiophene rings is 1. The molecule has 2 N–H and O–H groups in total. The molecule has 0 aliphatic heterocycles. The van der Waals surface area contributed by atoms with E-state index in [1.54, 1.807) is 0 Å². The highest BCUT2D eigenvalue weighted by atomic mass is 35.5. The summed E-state index contributed by atoms with van der Waals surface area (Å²) in [6.45, 7) is 0.164. The fraction of sp³-hybridized carbons (Fsp3) is 0.615. The maximum absolute atomic E-state index is 12.2. The summed E-state index contributed by atoms with van der Waals surface area (Å²) in [4.78, 5) is 11.1. The number of carboxylic acids is 1. The van der Waals surface area contributed by atoms with E-state index < -0.39 is 21.4 Å². The monoisotopic (exact) mass is 351 g/mol. The van der Waals surface area contributed by atoms with Crippen molar-refractivity contribution in [3.63, 3.8) is 0 Å². The second-order valence-electron chi connectivity index (χ2n) is 5.51. The van der Waals surface area contributed by atoms with E-state index in [2.05, 4.69) is 4.72 Å². The molecule has 0 radical (unpaired) electrons. The third-order valence-electron chi connectivity index (χ3n) is 3.89. The van der Waals surface area contributed by atoms with Crippen LogP contribution in [-0.2, 0) is 14.8 Å². The van der Waals surface area contributed by atoms with Crippen LogP contribution in [0.2, 0.25) is 4.34 Å². The maximum Gasteiger partial charge on any atom is 0.303 e. The smallest absolute Gasteiger partial charge is 0.303 e. The van der Waals surface area contributed by atoms with Crippen LogP contribution in [0.3, 0.4) is 0 Å². The van der Waals surface area contributed by atoms with Crippen molar-refractivity contribution in [2.45, 2.75) is 42.7 Å². The summed E-state index contributed by atoms with van der Waals surface area (Å²) in [5.41, 5.74) is -0.474. The zero-order chi connectivity index (χ0) is 15.5. The van der Waals surface area contributed by atoms with Crippen molar-refractivity contribution in [3.8, 4) is 0 Å². The average molecular weight is 352 g/mol. The Hall–Kier alpha value is -0.630. The Kier molecular flexibility index (Phi) is 5.29. The van der Waals surface area contributed by atoms with Crippen LogP contribution in [-0.4, -0.2) is 26.0 Å². The SMILES string of the molecule is O=C(O)CC1(CNS(=O)(=O)c2ccc(Cl)s2)CCCCC1. The molecule has 1 aliphatic carbocycles. The zero-order valence-corrected chi connectivity index (χ0v) is 13.9. The highest BCUT2D eigenvalue weighted by molar-refractivity contribution is 7.91. The van der Waals surface area contributed by atoms with Crippen molar-refractivity contribution in [1.29, 1.82) is 0 Å². The number of nitrogens with one attached hydrogen (secondary N) is 1. The lowest BCUT2D eigenvalue weighted by Gasteiger charge is -2.36. The van der Waals surface area contributed by atoms with E-state index in [1.165, 1.54) is 12.1 Å². The second-order valence-corrected chi connectivity index (χ2v) is 9.22. The first-order chi connectivity index (χ1) is 9.83. The van der Waals surface area contributed by atoms with Crippen LogP contribution >= 0.6 is 22.9 Å². The van der Waals surface area contributed by atoms with E-state index in [1.807, 2.05) is 0 Å². The van der Waals surface area contributed by atoms with E-state index >= 15 is 0 Å². The highest BCUT2D eigenvalue weighted by Gasteiger charge is 2.35. The number of rotatable bonds is 6. The summed E-state index contributed by atoms with van der Waals surface area (Å²) in [6.07, 6.45) is 4.45. The highest BCUT2D eigenvalue weighted by Crippen LogP contribution is 2.39. The van der Waals surface area contributed by atoms with Crippen molar-refractivity contribution in [2.75, 3.05) is 6.54 Å². The van der Waals surface area contributed by atoms with E-state index in [-0.39, 0.29) is 17.2 Å². The van der Waals surface area contributed by atoms with Gasteiger partial charge in [0.05, 0.1) is 10.8 Å². The molecule has 0 atom stereocenters. The molecule has 5 nitrogen and oxygen atoms in total. The quantitative estimate of drug-likeness (QED) is 0.824. The molecule has 1 heterocycles. The number of halogens is 1. The molecule has 0 spiro atoms. The normalized spacial score (nSPS) is 18.5. The number of carbonyl (C=O) groups is 1. The lowest BCUT2D eigenvalue weighted by atomic mass is 9.72. The molecule has 1 aromatic heterocycles. The number of hydrogen-bond donors (Lipinski definition) is 2. The van der Waals surface area contributed by atoms with E-state index in [0.717, 1.165) is 43.4 Å². The predicted molar refractivity (Wildman–Crippen MR) is 82.3 cm³/mol. The molecule has 1 aromatic rings. The molecule has 0 amide bonds. The van der Waals surface area contributed by atoms with Gasteiger partial charge in [0.2, 0.25) is 10.0 Å². The zero-order valence-electron chi connectivity index (χ0n) is 11.5. The number of hydrogen-bond acceptors (Lipinski definition) is 4. The minimum absolute atomic E-state index is 0.000711. The van der Waals surface area contributed by atoms with E-state index in [9.17, 15) is 13.2 Å². The Morgan fingerprint density at radius 1 is 1.33 bits per heavy atom. The molecule has 2 rings (SSSR count). The van der Waals surface area contributed by atoms with Crippen LogP contribution in [0, 0.1) is 5.41 Å². The van der Waals surface area contributed by atoms with Gasteiger partial charge >= 0.3 is 5.97 Å². The molecule has 21 heavy (non-hydrogen) atoms. The average Bonchev–Trinajstić information content (AvgIpc) is 2.85. The molecule has 118 valence electrons. The number of sulfonamides is 1. The molecule has 0 unspecified atom stereocenters. The summed E-state index contributed by atoms with van der Waals surface area (Å²) < 4.78 is 27.6. The molecule has 1 saturated carbocycles. The Balaban J connectivity index is 2.09. The number of aliphatic carboxylic acids is 1. The molecule has 0 saturated heterocycles.